The van der Waals surface area contributed by atoms with Gasteiger partial charge in [-0.2, -0.15) is 0 Å². The first-order chi connectivity index (χ1) is 12.8. The van der Waals surface area contributed by atoms with E-state index in [9.17, 15) is 0 Å². The van der Waals surface area contributed by atoms with Crippen LogP contribution in [0.15, 0.2) is 78.9 Å². The quantitative estimate of drug-likeness (QED) is 0.469. The number of nitrogens with one attached hydrogen (secondary N) is 1. The molecule has 0 bridgehead atoms. The largest absolute Gasteiger partial charge is 0.494 e. The van der Waals surface area contributed by atoms with E-state index < -0.39 is 0 Å². The molecule has 3 aromatic rings. The van der Waals surface area contributed by atoms with Crippen molar-refractivity contribution in [2.75, 3.05) is 18.5 Å². The molecule has 2 nitrogen and oxygen atoms in total. The molecule has 0 spiro atoms. The lowest BCUT2D eigenvalue weighted by molar-refractivity contribution is 0.311. The van der Waals surface area contributed by atoms with Crippen molar-refractivity contribution in [2.45, 2.75) is 19.3 Å². The Morgan fingerprint density at radius 1 is 0.731 bits per heavy atom. The van der Waals surface area contributed by atoms with Gasteiger partial charge in [-0.25, -0.2) is 0 Å². The first kappa shape index (κ1) is 18.3. The first-order valence-electron chi connectivity index (χ1n) is 9.05. The molecule has 0 radical (unpaired) electrons. The lowest BCUT2D eigenvalue weighted by Crippen LogP contribution is -2.05. The predicted molar refractivity (Wildman–Crippen MR) is 110 cm³/mol. The summed E-state index contributed by atoms with van der Waals surface area (Å²) in [7, 11) is 0. The number of ether oxygens (including phenoxy) is 1. The standard InChI is InChI=1S/C23H24ClNO/c24-21-10-8-20(9-11-21)16-17-25-22-12-14-23(15-13-22)26-18-4-7-19-5-2-1-3-6-19/h1-3,5-6,8-15,25H,4,7,16-18H2. The van der Waals surface area contributed by atoms with E-state index in [0.29, 0.717) is 0 Å². The van der Waals surface area contributed by atoms with Crippen molar-refractivity contribution in [3.8, 4) is 5.75 Å². The third-order valence-electron chi connectivity index (χ3n) is 4.23. The van der Waals surface area contributed by atoms with Gasteiger partial charge in [0.15, 0.2) is 0 Å². The summed E-state index contributed by atoms with van der Waals surface area (Å²) >= 11 is 5.91. The van der Waals surface area contributed by atoms with Crippen LogP contribution < -0.4 is 10.1 Å². The monoisotopic (exact) mass is 365 g/mol. The molecule has 0 aliphatic heterocycles. The predicted octanol–water partition coefficient (Wildman–Crippen LogP) is 6.01. The molecule has 0 saturated heterocycles. The molecular weight excluding hydrogens is 342 g/mol. The topological polar surface area (TPSA) is 21.3 Å². The Morgan fingerprint density at radius 3 is 2.15 bits per heavy atom. The van der Waals surface area contributed by atoms with Crippen LogP contribution in [0.4, 0.5) is 5.69 Å². The van der Waals surface area contributed by atoms with Gasteiger partial charge in [-0.05, 0) is 66.8 Å². The van der Waals surface area contributed by atoms with Crippen molar-refractivity contribution in [1.29, 1.82) is 0 Å². The van der Waals surface area contributed by atoms with Gasteiger partial charge >= 0.3 is 0 Å². The maximum absolute atomic E-state index is 5.91. The molecule has 0 atom stereocenters. The molecule has 0 saturated carbocycles. The van der Waals surface area contributed by atoms with Crippen molar-refractivity contribution in [3.05, 3.63) is 95.0 Å². The molecule has 0 aliphatic carbocycles. The zero-order valence-electron chi connectivity index (χ0n) is 14.8. The van der Waals surface area contributed by atoms with Crippen molar-refractivity contribution < 1.29 is 4.74 Å². The highest BCUT2D eigenvalue weighted by Gasteiger charge is 1.98. The number of aryl methyl sites for hydroxylation is 1. The van der Waals surface area contributed by atoms with Crippen molar-refractivity contribution in [2.24, 2.45) is 0 Å². The maximum Gasteiger partial charge on any atom is 0.119 e. The second-order valence-electron chi connectivity index (χ2n) is 6.27. The fourth-order valence-corrected chi connectivity index (χ4v) is 2.91. The molecule has 3 aromatic carbocycles. The van der Waals surface area contributed by atoms with Gasteiger partial charge in [0, 0.05) is 17.3 Å². The van der Waals surface area contributed by atoms with E-state index in [0.717, 1.165) is 48.9 Å². The summed E-state index contributed by atoms with van der Waals surface area (Å²) in [5.74, 6) is 0.918. The SMILES string of the molecule is Clc1ccc(CCNc2ccc(OCCCc3ccccc3)cc2)cc1. The molecule has 0 unspecified atom stereocenters. The van der Waals surface area contributed by atoms with E-state index in [2.05, 4.69) is 53.8 Å². The van der Waals surface area contributed by atoms with Gasteiger partial charge in [0.1, 0.15) is 5.75 Å². The van der Waals surface area contributed by atoms with Crippen LogP contribution in [0.1, 0.15) is 17.5 Å². The molecule has 134 valence electrons. The Labute approximate surface area is 160 Å². The van der Waals surface area contributed by atoms with E-state index >= 15 is 0 Å². The summed E-state index contributed by atoms with van der Waals surface area (Å²) in [6, 6.07) is 26.7. The molecule has 0 aliphatic rings. The van der Waals surface area contributed by atoms with E-state index in [1.54, 1.807) is 0 Å². The van der Waals surface area contributed by atoms with Crippen LogP contribution in [0.25, 0.3) is 0 Å². The molecule has 26 heavy (non-hydrogen) atoms. The molecule has 0 amide bonds. The Bertz CT molecular complexity index is 770. The number of halogens is 1. The van der Waals surface area contributed by atoms with Crippen molar-refractivity contribution >= 4 is 17.3 Å². The highest BCUT2D eigenvalue weighted by Crippen LogP contribution is 2.16. The fraction of sp³-hybridized carbons (Fsp3) is 0.217. The van der Waals surface area contributed by atoms with E-state index in [1.807, 2.05) is 30.3 Å². The molecule has 3 heteroatoms. The van der Waals surface area contributed by atoms with Gasteiger partial charge in [-0.3, -0.25) is 0 Å². The average Bonchev–Trinajstić information content (AvgIpc) is 2.69. The zero-order valence-corrected chi connectivity index (χ0v) is 15.6. The third kappa shape index (κ3) is 6.12. The van der Waals surface area contributed by atoms with Gasteiger partial charge in [0.2, 0.25) is 0 Å². The van der Waals surface area contributed by atoms with E-state index in [-0.39, 0.29) is 0 Å². The lowest BCUT2D eigenvalue weighted by Gasteiger charge is -2.09. The minimum absolute atomic E-state index is 0.734. The highest BCUT2D eigenvalue weighted by molar-refractivity contribution is 6.30. The van der Waals surface area contributed by atoms with Crippen LogP contribution in [0, 0.1) is 0 Å². The van der Waals surface area contributed by atoms with Crippen molar-refractivity contribution in [3.63, 3.8) is 0 Å². The Morgan fingerprint density at radius 2 is 1.42 bits per heavy atom. The minimum Gasteiger partial charge on any atom is -0.494 e. The number of benzene rings is 3. The Kier molecular flexibility index (Phi) is 6.97. The summed E-state index contributed by atoms with van der Waals surface area (Å²) in [6.45, 7) is 1.62. The fourth-order valence-electron chi connectivity index (χ4n) is 2.78. The number of hydrogen-bond acceptors (Lipinski definition) is 2. The van der Waals surface area contributed by atoms with Crippen molar-refractivity contribution in [1.82, 2.24) is 0 Å². The number of rotatable bonds is 9. The summed E-state index contributed by atoms with van der Waals surface area (Å²) in [6.07, 6.45) is 3.03. The minimum atomic E-state index is 0.734. The smallest absolute Gasteiger partial charge is 0.119 e. The first-order valence-corrected chi connectivity index (χ1v) is 9.42. The molecular formula is C23H24ClNO. The summed E-state index contributed by atoms with van der Waals surface area (Å²) in [5.41, 5.74) is 3.74. The molecule has 0 fully saturated rings. The maximum atomic E-state index is 5.91. The van der Waals surface area contributed by atoms with Crippen LogP contribution in [0.3, 0.4) is 0 Å². The second kappa shape index (κ2) is 9.88. The molecule has 1 N–H and O–H groups in total. The van der Waals surface area contributed by atoms with Crippen LogP contribution in [0.2, 0.25) is 5.02 Å². The van der Waals surface area contributed by atoms with Crippen LogP contribution in [0.5, 0.6) is 5.75 Å². The van der Waals surface area contributed by atoms with Gasteiger partial charge in [0.05, 0.1) is 6.61 Å². The van der Waals surface area contributed by atoms with Gasteiger partial charge < -0.3 is 10.1 Å². The molecule has 3 rings (SSSR count). The zero-order chi connectivity index (χ0) is 18.0. The van der Waals surface area contributed by atoms with Crippen LogP contribution in [-0.2, 0) is 12.8 Å². The highest BCUT2D eigenvalue weighted by atomic mass is 35.5. The normalized spacial score (nSPS) is 10.5. The number of anilines is 1. The van der Waals surface area contributed by atoms with E-state index in [4.69, 9.17) is 16.3 Å². The Balaban J connectivity index is 1.35. The third-order valence-corrected chi connectivity index (χ3v) is 4.48. The van der Waals surface area contributed by atoms with E-state index in [1.165, 1.54) is 11.1 Å². The van der Waals surface area contributed by atoms with Gasteiger partial charge in [0.25, 0.3) is 0 Å². The summed E-state index contributed by atoms with van der Waals surface area (Å²) in [4.78, 5) is 0. The lowest BCUT2D eigenvalue weighted by atomic mass is 10.1. The van der Waals surface area contributed by atoms with Crippen LogP contribution >= 0.6 is 11.6 Å². The Hall–Kier alpha value is -2.45. The average molecular weight is 366 g/mol. The number of hydrogen-bond donors (Lipinski definition) is 1. The summed E-state index contributed by atoms with van der Waals surface area (Å²) in [5, 5.41) is 4.21. The summed E-state index contributed by atoms with van der Waals surface area (Å²) < 4.78 is 5.83. The molecule has 0 aromatic heterocycles. The van der Waals surface area contributed by atoms with Gasteiger partial charge in [-0.1, -0.05) is 54.1 Å². The van der Waals surface area contributed by atoms with Crippen LogP contribution in [-0.4, -0.2) is 13.2 Å². The van der Waals surface area contributed by atoms with Gasteiger partial charge in [-0.15, -0.1) is 0 Å². The second-order valence-corrected chi connectivity index (χ2v) is 6.70. The molecule has 0 heterocycles.